The van der Waals surface area contributed by atoms with Crippen molar-refractivity contribution in [1.82, 2.24) is 24.4 Å². The largest absolute Gasteiger partial charge is 0.494 e. The smallest absolute Gasteiger partial charge is 0.291 e. The molecule has 0 bridgehead atoms. The van der Waals surface area contributed by atoms with E-state index in [0.717, 1.165) is 30.2 Å². The number of amides is 2. The Morgan fingerprint density at radius 3 is 2.68 bits per heavy atom. The number of aromatic nitrogens is 3. The highest BCUT2D eigenvalue weighted by Crippen LogP contribution is 2.26. The summed E-state index contributed by atoms with van der Waals surface area (Å²) in [4.78, 5) is 40.7. The zero-order chi connectivity index (χ0) is 24.6. The van der Waals surface area contributed by atoms with Crippen molar-refractivity contribution in [2.45, 2.75) is 65.1 Å². The van der Waals surface area contributed by atoms with E-state index in [-0.39, 0.29) is 35.4 Å². The summed E-state index contributed by atoms with van der Waals surface area (Å²) < 4.78 is 7.94. The number of likely N-dealkylation sites (tertiary alicyclic amines) is 1. The monoisotopic (exact) mass is 471 g/mol. The molecule has 2 N–H and O–H groups in total. The molecule has 2 aromatic heterocycles. The van der Waals surface area contributed by atoms with Gasteiger partial charge in [0.05, 0.1) is 18.3 Å². The number of fused-ring (bicyclic) bond motifs is 1. The number of nitrogens with one attached hydrogen (secondary N) is 1. The second-order valence-corrected chi connectivity index (χ2v) is 9.61. The van der Waals surface area contributed by atoms with E-state index in [9.17, 15) is 19.5 Å². The molecule has 2 aromatic rings. The lowest BCUT2D eigenvalue weighted by Gasteiger charge is -2.22. The lowest BCUT2D eigenvalue weighted by atomic mass is 10.1. The fraction of sp³-hybridized carbons (Fsp3) is 0.583. The minimum atomic E-state index is -0.681. The van der Waals surface area contributed by atoms with Gasteiger partial charge in [-0.15, -0.1) is 0 Å². The van der Waals surface area contributed by atoms with Gasteiger partial charge in [0, 0.05) is 37.9 Å². The number of hydrogen-bond donors (Lipinski definition) is 2. The highest BCUT2D eigenvalue weighted by molar-refractivity contribution is 5.97. The Bertz CT molecular complexity index is 1190. The van der Waals surface area contributed by atoms with Crippen molar-refractivity contribution in [3.8, 4) is 5.88 Å². The fourth-order valence-electron chi connectivity index (χ4n) is 4.52. The normalized spacial score (nSPS) is 18.5. The van der Waals surface area contributed by atoms with Crippen molar-refractivity contribution >= 4 is 23.5 Å². The summed E-state index contributed by atoms with van der Waals surface area (Å²) in [6, 6.07) is 0.0831. The van der Waals surface area contributed by atoms with Crippen LogP contribution in [0.3, 0.4) is 0 Å². The molecule has 10 nitrogen and oxygen atoms in total. The van der Waals surface area contributed by atoms with Crippen molar-refractivity contribution in [2.24, 2.45) is 5.92 Å². The van der Waals surface area contributed by atoms with E-state index >= 15 is 0 Å². The molecule has 0 spiro atoms. The summed E-state index contributed by atoms with van der Waals surface area (Å²) >= 11 is 0. The van der Waals surface area contributed by atoms with Gasteiger partial charge in [0.25, 0.3) is 11.5 Å². The van der Waals surface area contributed by atoms with E-state index < -0.39 is 11.5 Å². The van der Waals surface area contributed by atoms with Crippen LogP contribution in [0.4, 0.5) is 0 Å². The van der Waals surface area contributed by atoms with E-state index in [4.69, 9.17) is 4.74 Å². The molecule has 1 saturated heterocycles. The number of carbonyl (C=O) groups excluding carboxylic acids is 2. The summed E-state index contributed by atoms with van der Waals surface area (Å²) in [6.07, 6.45) is 6.67. The third-order valence-corrected chi connectivity index (χ3v) is 6.32. The summed E-state index contributed by atoms with van der Waals surface area (Å²) in [5, 5.41) is 18.2. The van der Waals surface area contributed by atoms with E-state index in [1.54, 1.807) is 29.6 Å². The first-order valence-electron chi connectivity index (χ1n) is 11.9. The molecular formula is C24H33N5O5. The van der Waals surface area contributed by atoms with Crippen LogP contribution in [0.5, 0.6) is 5.88 Å². The van der Waals surface area contributed by atoms with Gasteiger partial charge in [-0.2, -0.15) is 9.61 Å². The van der Waals surface area contributed by atoms with Gasteiger partial charge in [-0.1, -0.05) is 13.8 Å². The summed E-state index contributed by atoms with van der Waals surface area (Å²) in [5.41, 5.74) is 0.439. The quantitative estimate of drug-likeness (QED) is 0.566. The molecule has 3 heterocycles. The average Bonchev–Trinajstić information content (AvgIpc) is 3.35. The Morgan fingerprint density at radius 2 is 2.03 bits per heavy atom. The molecule has 1 saturated carbocycles. The summed E-state index contributed by atoms with van der Waals surface area (Å²) in [6.45, 7) is 7.21. The molecule has 1 aliphatic carbocycles. The number of carbonyl (C=O) groups is 2. The molecule has 2 aliphatic rings. The zero-order valence-corrected chi connectivity index (χ0v) is 20.2. The fourth-order valence-corrected chi connectivity index (χ4v) is 4.52. The SMILES string of the molecule is COCC1CCCN1C(=O)C=Cc1c(C)nn2c(=O)c(C(=O)NC3CC3)c(O)n(CC(C)C)c12. The molecule has 10 heteroatoms. The van der Waals surface area contributed by atoms with E-state index in [1.165, 1.54) is 6.08 Å². The number of methoxy groups -OCH3 is 1. The lowest BCUT2D eigenvalue weighted by Crippen LogP contribution is -2.37. The minimum absolute atomic E-state index is 0.0388. The number of aromatic hydroxyl groups is 1. The van der Waals surface area contributed by atoms with Crippen molar-refractivity contribution in [3.05, 3.63) is 33.3 Å². The first-order valence-corrected chi connectivity index (χ1v) is 11.9. The molecular weight excluding hydrogens is 438 g/mol. The van der Waals surface area contributed by atoms with Crippen LogP contribution in [0.2, 0.25) is 0 Å². The highest BCUT2D eigenvalue weighted by Gasteiger charge is 2.31. The first kappa shape index (κ1) is 24.0. The molecule has 1 unspecified atom stereocenters. The predicted molar refractivity (Wildman–Crippen MR) is 127 cm³/mol. The molecule has 0 radical (unpaired) electrons. The van der Waals surface area contributed by atoms with Gasteiger partial charge in [-0.25, -0.2) is 0 Å². The lowest BCUT2D eigenvalue weighted by molar-refractivity contribution is -0.127. The number of hydrogen-bond acceptors (Lipinski definition) is 6. The van der Waals surface area contributed by atoms with Crippen molar-refractivity contribution in [1.29, 1.82) is 0 Å². The van der Waals surface area contributed by atoms with Crippen molar-refractivity contribution in [2.75, 3.05) is 20.3 Å². The summed E-state index contributed by atoms with van der Waals surface area (Å²) in [7, 11) is 1.62. The van der Waals surface area contributed by atoms with Gasteiger partial charge in [-0.05, 0) is 44.6 Å². The maximum absolute atomic E-state index is 13.2. The third kappa shape index (κ3) is 4.59. The van der Waals surface area contributed by atoms with Gasteiger partial charge in [0.1, 0.15) is 5.65 Å². The molecule has 1 aliphatic heterocycles. The van der Waals surface area contributed by atoms with Gasteiger partial charge < -0.3 is 20.1 Å². The van der Waals surface area contributed by atoms with E-state index in [0.29, 0.717) is 36.6 Å². The number of nitrogens with zero attached hydrogens (tertiary/aromatic N) is 4. The van der Waals surface area contributed by atoms with Crippen LogP contribution in [-0.2, 0) is 16.1 Å². The molecule has 4 rings (SSSR count). The number of aryl methyl sites for hydroxylation is 1. The average molecular weight is 472 g/mol. The van der Waals surface area contributed by atoms with Gasteiger partial charge in [0.2, 0.25) is 11.8 Å². The van der Waals surface area contributed by atoms with Gasteiger partial charge >= 0.3 is 0 Å². The van der Waals surface area contributed by atoms with Gasteiger partial charge in [-0.3, -0.25) is 19.0 Å². The van der Waals surface area contributed by atoms with Crippen molar-refractivity contribution in [3.63, 3.8) is 0 Å². The molecule has 184 valence electrons. The van der Waals surface area contributed by atoms with Crippen LogP contribution in [0.15, 0.2) is 10.9 Å². The van der Waals surface area contributed by atoms with Gasteiger partial charge in [0.15, 0.2) is 5.56 Å². The number of rotatable bonds is 8. The number of ether oxygens (including phenoxy) is 1. The maximum atomic E-state index is 13.2. The molecule has 0 aromatic carbocycles. The second-order valence-electron chi connectivity index (χ2n) is 9.61. The Balaban J connectivity index is 1.78. The van der Waals surface area contributed by atoms with Crippen LogP contribution < -0.4 is 10.9 Å². The Hall–Kier alpha value is -3.14. The molecule has 34 heavy (non-hydrogen) atoms. The Labute approximate surface area is 198 Å². The van der Waals surface area contributed by atoms with Crippen LogP contribution in [0, 0.1) is 12.8 Å². The van der Waals surface area contributed by atoms with Crippen LogP contribution >= 0.6 is 0 Å². The topological polar surface area (TPSA) is 118 Å². The van der Waals surface area contributed by atoms with Crippen LogP contribution in [-0.4, -0.2) is 68.3 Å². The van der Waals surface area contributed by atoms with E-state index in [2.05, 4.69) is 10.4 Å². The van der Waals surface area contributed by atoms with E-state index in [1.807, 2.05) is 13.8 Å². The Kier molecular flexibility index (Phi) is 6.79. The third-order valence-electron chi connectivity index (χ3n) is 6.32. The molecule has 2 fully saturated rings. The first-order chi connectivity index (χ1) is 16.2. The van der Waals surface area contributed by atoms with Crippen molar-refractivity contribution < 1.29 is 19.4 Å². The zero-order valence-electron chi connectivity index (χ0n) is 20.2. The van der Waals surface area contributed by atoms with Crippen LogP contribution in [0.25, 0.3) is 11.7 Å². The Morgan fingerprint density at radius 1 is 1.29 bits per heavy atom. The molecule has 2 amide bonds. The maximum Gasteiger partial charge on any atom is 0.291 e. The second kappa shape index (κ2) is 9.61. The minimum Gasteiger partial charge on any atom is -0.494 e. The highest BCUT2D eigenvalue weighted by atomic mass is 16.5. The molecule has 1 atom stereocenters. The van der Waals surface area contributed by atoms with Crippen LogP contribution in [0.1, 0.15) is 61.1 Å². The standard InChI is InChI=1S/C24H33N5O5/c1-14(2)12-28-22-18(9-10-19(30)27-11-5-6-17(27)13-34-4)15(3)26-29(22)24(33)20(23(28)32)21(31)25-16-7-8-16/h9-10,14,16-17,32H,5-8,11-13H2,1-4H3,(H,25,31). The predicted octanol–water partition coefficient (Wildman–Crippen LogP) is 1.71. The summed E-state index contributed by atoms with van der Waals surface area (Å²) in [5.74, 6) is -1.00.